The zero-order valence-corrected chi connectivity index (χ0v) is 15.4. The van der Waals surface area contributed by atoms with Crippen LogP contribution in [0.15, 0.2) is 77.6 Å². The molecule has 132 valence electrons. The van der Waals surface area contributed by atoms with Crippen molar-refractivity contribution in [3.8, 4) is 5.69 Å². The SMILES string of the molecule is Cc1cccc(-n2c(/C=C\c3ccccc3C)nc3ccccc3c2=O)c1. The van der Waals surface area contributed by atoms with Crippen LogP contribution in [-0.2, 0) is 0 Å². The summed E-state index contributed by atoms with van der Waals surface area (Å²) < 4.78 is 1.68. The molecule has 0 spiro atoms. The molecule has 3 heteroatoms. The number of nitrogens with zero attached hydrogens (tertiary/aromatic N) is 2. The van der Waals surface area contributed by atoms with E-state index in [9.17, 15) is 4.79 Å². The molecule has 0 fully saturated rings. The van der Waals surface area contributed by atoms with Crippen molar-refractivity contribution in [2.75, 3.05) is 0 Å². The van der Waals surface area contributed by atoms with Crippen LogP contribution in [0.1, 0.15) is 22.5 Å². The van der Waals surface area contributed by atoms with E-state index in [0.29, 0.717) is 16.7 Å². The fourth-order valence-electron chi connectivity index (χ4n) is 3.22. The quantitative estimate of drug-likeness (QED) is 0.510. The largest absolute Gasteiger partial charge is 0.268 e. The first kappa shape index (κ1) is 17.0. The molecule has 3 aromatic carbocycles. The normalized spacial score (nSPS) is 11.3. The van der Waals surface area contributed by atoms with E-state index in [1.165, 1.54) is 5.56 Å². The third kappa shape index (κ3) is 3.32. The van der Waals surface area contributed by atoms with E-state index in [0.717, 1.165) is 16.8 Å². The highest BCUT2D eigenvalue weighted by Gasteiger charge is 2.11. The van der Waals surface area contributed by atoms with Crippen LogP contribution >= 0.6 is 0 Å². The summed E-state index contributed by atoms with van der Waals surface area (Å²) >= 11 is 0. The molecule has 0 saturated heterocycles. The van der Waals surface area contributed by atoms with Crippen molar-refractivity contribution in [3.63, 3.8) is 0 Å². The zero-order valence-electron chi connectivity index (χ0n) is 15.4. The van der Waals surface area contributed by atoms with E-state index in [-0.39, 0.29) is 5.56 Å². The van der Waals surface area contributed by atoms with Gasteiger partial charge in [-0.2, -0.15) is 0 Å². The van der Waals surface area contributed by atoms with Crippen LogP contribution in [0.25, 0.3) is 28.7 Å². The fourth-order valence-corrected chi connectivity index (χ4v) is 3.22. The molecule has 3 nitrogen and oxygen atoms in total. The highest BCUT2D eigenvalue weighted by molar-refractivity contribution is 5.80. The third-order valence-electron chi connectivity index (χ3n) is 4.66. The Kier molecular flexibility index (Phi) is 4.43. The van der Waals surface area contributed by atoms with Gasteiger partial charge in [0.05, 0.1) is 16.6 Å². The first-order valence-corrected chi connectivity index (χ1v) is 8.96. The summed E-state index contributed by atoms with van der Waals surface area (Å²) in [5.41, 5.74) is 4.85. The summed E-state index contributed by atoms with van der Waals surface area (Å²) in [5.74, 6) is 0.618. The maximum Gasteiger partial charge on any atom is 0.266 e. The number of benzene rings is 3. The molecule has 0 unspecified atom stereocenters. The smallest absolute Gasteiger partial charge is 0.266 e. The molecule has 0 atom stereocenters. The number of rotatable bonds is 3. The van der Waals surface area contributed by atoms with Gasteiger partial charge in [-0.3, -0.25) is 9.36 Å². The standard InChI is InChI=1S/C24H20N2O/c1-17-8-7-11-20(16-17)26-23(15-14-19-10-4-3-9-18(19)2)25-22-13-6-5-12-21(22)24(26)27/h3-16H,1-2H3/b15-14-. The number of para-hydroxylation sites is 1. The maximum atomic E-state index is 13.2. The van der Waals surface area contributed by atoms with Gasteiger partial charge in [0.25, 0.3) is 5.56 Å². The van der Waals surface area contributed by atoms with Crippen molar-refractivity contribution in [2.45, 2.75) is 13.8 Å². The van der Waals surface area contributed by atoms with Gasteiger partial charge in [-0.1, -0.05) is 54.6 Å². The second-order valence-electron chi connectivity index (χ2n) is 6.66. The number of aromatic nitrogens is 2. The van der Waals surface area contributed by atoms with Gasteiger partial charge >= 0.3 is 0 Å². The van der Waals surface area contributed by atoms with Crippen molar-refractivity contribution in [2.24, 2.45) is 0 Å². The van der Waals surface area contributed by atoms with Crippen LogP contribution < -0.4 is 5.56 Å². The molecule has 0 amide bonds. The Hall–Kier alpha value is -3.46. The lowest BCUT2D eigenvalue weighted by Crippen LogP contribution is -2.22. The average Bonchev–Trinajstić information content (AvgIpc) is 2.67. The van der Waals surface area contributed by atoms with Crippen LogP contribution in [0, 0.1) is 13.8 Å². The van der Waals surface area contributed by atoms with Crippen LogP contribution in [0.3, 0.4) is 0 Å². The summed E-state index contributed by atoms with van der Waals surface area (Å²) in [6, 6.07) is 23.6. The van der Waals surface area contributed by atoms with E-state index in [4.69, 9.17) is 4.98 Å². The molecule has 4 rings (SSSR count). The lowest BCUT2D eigenvalue weighted by molar-refractivity contribution is 0.942. The minimum absolute atomic E-state index is 0.0596. The predicted octanol–water partition coefficient (Wildman–Crippen LogP) is 5.17. The molecule has 0 bridgehead atoms. The van der Waals surface area contributed by atoms with Gasteiger partial charge in [0, 0.05) is 0 Å². The number of hydrogen-bond donors (Lipinski definition) is 0. The zero-order chi connectivity index (χ0) is 18.8. The molecule has 1 aromatic heterocycles. The van der Waals surface area contributed by atoms with Gasteiger partial charge in [-0.05, 0) is 60.9 Å². The predicted molar refractivity (Wildman–Crippen MR) is 112 cm³/mol. The Morgan fingerprint density at radius 1 is 0.852 bits per heavy atom. The van der Waals surface area contributed by atoms with Crippen molar-refractivity contribution >= 4 is 23.1 Å². The van der Waals surface area contributed by atoms with Crippen molar-refractivity contribution in [1.29, 1.82) is 0 Å². The Balaban J connectivity index is 1.97. The Bertz CT molecular complexity index is 1220. The Morgan fingerprint density at radius 2 is 1.63 bits per heavy atom. The highest BCUT2D eigenvalue weighted by Crippen LogP contribution is 2.17. The fraction of sp³-hybridized carbons (Fsp3) is 0.0833. The van der Waals surface area contributed by atoms with Gasteiger partial charge in [0.15, 0.2) is 0 Å². The van der Waals surface area contributed by atoms with E-state index >= 15 is 0 Å². The average molecular weight is 352 g/mol. The van der Waals surface area contributed by atoms with E-state index < -0.39 is 0 Å². The van der Waals surface area contributed by atoms with E-state index in [1.54, 1.807) is 4.57 Å². The first-order chi connectivity index (χ1) is 13.1. The molecule has 0 radical (unpaired) electrons. The molecule has 0 saturated carbocycles. The second kappa shape index (κ2) is 7.04. The lowest BCUT2D eigenvalue weighted by atomic mass is 10.1. The van der Waals surface area contributed by atoms with Crippen LogP contribution in [0.5, 0.6) is 0 Å². The Labute approximate surface area is 158 Å². The molecule has 27 heavy (non-hydrogen) atoms. The summed E-state index contributed by atoms with van der Waals surface area (Å²) in [6.07, 6.45) is 3.93. The van der Waals surface area contributed by atoms with Crippen LogP contribution in [-0.4, -0.2) is 9.55 Å². The Morgan fingerprint density at radius 3 is 2.44 bits per heavy atom. The molecule has 0 aliphatic carbocycles. The first-order valence-electron chi connectivity index (χ1n) is 8.96. The molecule has 0 aliphatic rings. The van der Waals surface area contributed by atoms with Gasteiger partial charge in [0.2, 0.25) is 0 Å². The highest BCUT2D eigenvalue weighted by atomic mass is 16.1. The molecule has 4 aromatic rings. The maximum absolute atomic E-state index is 13.2. The summed E-state index contributed by atoms with van der Waals surface area (Å²) in [6.45, 7) is 4.09. The van der Waals surface area contributed by atoms with E-state index in [1.807, 2.05) is 79.7 Å². The van der Waals surface area contributed by atoms with Crippen molar-refractivity contribution < 1.29 is 0 Å². The molecule has 0 N–H and O–H groups in total. The van der Waals surface area contributed by atoms with Crippen LogP contribution in [0.2, 0.25) is 0 Å². The molecule has 0 aliphatic heterocycles. The van der Waals surface area contributed by atoms with Crippen LogP contribution in [0.4, 0.5) is 0 Å². The summed E-state index contributed by atoms with van der Waals surface area (Å²) in [7, 11) is 0. The molecular weight excluding hydrogens is 332 g/mol. The second-order valence-corrected chi connectivity index (χ2v) is 6.66. The summed E-state index contributed by atoms with van der Waals surface area (Å²) in [4.78, 5) is 18.0. The molecule has 1 heterocycles. The van der Waals surface area contributed by atoms with Gasteiger partial charge < -0.3 is 0 Å². The summed E-state index contributed by atoms with van der Waals surface area (Å²) in [5, 5.41) is 0.618. The third-order valence-corrected chi connectivity index (χ3v) is 4.66. The lowest BCUT2D eigenvalue weighted by Gasteiger charge is -2.12. The van der Waals surface area contributed by atoms with Crippen molar-refractivity contribution in [3.05, 3.63) is 106 Å². The van der Waals surface area contributed by atoms with Gasteiger partial charge in [-0.25, -0.2) is 4.98 Å². The molecular formula is C24H20N2O. The number of aryl methyl sites for hydroxylation is 2. The minimum Gasteiger partial charge on any atom is -0.268 e. The van der Waals surface area contributed by atoms with E-state index in [2.05, 4.69) is 19.1 Å². The number of hydrogen-bond acceptors (Lipinski definition) is 2. The van der Waals surface area contributed by atoms with Crippen molar-refractivity contribution in [1.82, 2.24) is 9.55 Å². The minimum atomic E-state index is -0.0596. The topological polar surface area (TPSA) is 34.9 Å². The van der Waals surface area contributed by atoms with Gasteiger partial charge in [-0.15, -0.1) is 0 Å². The monoisotopic (exact) mass is 352 g/mol. The number of fused-ring (bicyclic) bond motifs is 1. The van der Waals surface area contributed by atoms with Gasteiger partial charge in [0.1, 0.15) is 5.82 Å².